The zero-order valence-corrected chi connectivity index (χ0v) is 6.02. The van der Waals surface area contributed by atoms with Gasteiger partial charge in [0.2, 0.25) is 5.88 Å². The number of hydrazone groups is 1. The van der Waals surface area contributed by atoms with Crippen molar-refractivity contribution in [1.29, 1.82) is 0 Å². The Balaban J connectivity index is 2.33. The van der Waals surface area contributed by atoms with Gasteiger partial charge in [-0.1, -0.05) is 0 Å². The molecule has 0 saturated carbocycles. The van der Waals surface area contributed by atoms with Crippen molar-refractivity contribution in [2.75, 3.05) is 0 Å². The number of allylic oxidation sites excluding steroid dienone is 2. The predicted molar refractivity (Wildman–Crippen MR) is 39.8 cm³/mol. The lowest BCUT2D eigenvalue weighted by Crippen LogP contribution is -2.39. The SMILES string of the molecule is CC1=CN2NC=NN2C(O)=C1. The molecule has 0 aliphatic carbocycles. The molecule has 0 aromatic heterocycles. The van der Waals surface area contributed by atoms with Crippen LogP contribution in [0.25, 0.3) is 0 Å². The Morgan fingerprint density at radius 2 is 2.45 bits per heavy atom. The minimum absolute atomic E-state index is 0.117. The Bertz CT molecular complexity index is 268. The third-order valence-corrected chi connectivity index (χ3v) is 1.45. The van der Waals surface area contributed by atoms with Crippen LogP contribution in [0.15, 0.2) is 28.8 Å². The second-order valence-corrected chi connectivity index (χ2v) is 2.38. The summed E-state index contributed by atoms with van der Waals surface area (Å²) in [6.07, 6.45) is 4.96. The number of hydrogen-bond donors (Lipinski definition) is 2. The molecule has 5 nitrogen and oxygen atoms in total. The van der Waals surface area contributed by atoms with Crippen molar-refractivity contribution in [1.82, 2.24) is 15.7 Å². The third kappa shape index (κ3) is 0.813. The lowest BCUT2D eigenvalue weighted by Gasteiger charge is -2.26. The van der Waals surface area contributed by atoms with Crippen LogP contribution in [-0.4, -0.2) is 21.7 Å². The van der Waals surface area contributed by atoms with Gasteiger partial charge in [-0.3, -0.25) is 5.43 Å². The van der Waals surface area contributed by atoms with Crippen molar-refractivity contribution in [2.24, 2.45) is 5.10 Å². The van der Waals surface area contributed by atoms with Crippen LogP contribution in [-0.2, 0) is 0 Å². The van der Waals surface area contributed by atoms with E-state index >= 15 is 0 Å². The molecule has 0 aromatic carbocycles. The van der Waals surface area contributed by atoms with Crippen molar-refractivity contribution < 1.29 is 5.11 Å². The van der Waals surface area contributed by atoms with Crippen LogP contribution in [0.4, 0.5) is 0 Å². The van der Waals surface area contributed by atoms with Crippen LogP contribution in [0.5, 0.6) is 0 Å². The van der Waals surface area contributed by atoms with E-state index in [1.165, 1.54) is 11.5 Å². The van der Waals surface area contributed by atoms with Crippen LogP contribution in [0, 0.1) is 0 Å². The first kappa shape index (κ1) is 6.09. The van der Waals surface area contributed by atoms with Crippen molar-refractivity contribution in [3.05, 3.63) is 23.7 Å². The second-order valence-electron chi connectivity index (χ2n) is 2.38. The number of nitrogens with zero attached hydrogens (tertiary/aromatic N) is 3. The molecule has 0 spiro atoms. The van der Waals surface area contributed by atoms with E-state index in [0.717, 1.165) is 5.57 Å². The zero-order chi connectivity index (χ0) is 7.84. The first-order valence-electron chi connectivity index (χ1n) is 3.24. The molecule has 0 atom stereocenters. The lowest BCUT2D eigenvalue weighted by atomic mass is 10.3. The van der Waals surface area contributed by atoms with E-state index < -0.39 is 0 Å². The number of hydrogen-bond acceptors (Lipinski definition) is 5. The summed E-state index contributed by atoms with van der Waals surface area (Å²) in [7, 11) is 0. The molecule has 0 bridgehead atoms. The molecule has 2 rings (SSSR count). The molecule has 5 heteroatoms. The van der Waals surface area contributed by atoms with E-state index in [2.05, 4.69) is 10.5 Å². The Hall–Kier alpha value is -1.65. The molecule has 2 aliphatic heterocycles. The van der Waals surface area contributed by atoms with E-state index in [1.807, 2.05) is 13.1 Å². The summed E-state index contributed by atoms with van der Waals surface area (Å²) in [5, 5.41) is 16.1. The van der Waals surface area contributed by atoms with Gasteiger partial charge in [0.05, 0.1) is 6.20 Å². The third-order valence-electron chi connectivity index (χ3n) is 1.45. The normalized spacial score (nSPS) is 20.8. The highest BCUT2D eigenvalue weighted by Crippen LogP contribution is 2.17. The molecule has 0 unspecified atom stereocenters. The fraction of sp³-hybridized carbons (Fsp3) is 0.167. The molecule has 0 amide bonds. The van der Waals surface area contributed by atoms with Crippen LogP contribution in [0.2, 0.25) is 0 Å². The van der Waals surface area contributed by atoms with Crippen LogP contribution in [0.3, 0.4) is 0 Å². The standard InChI is InChI=1S/C6H8N4O/c1-5-2-6(11)10-8-4-7-9(10)3-5/h2-4,11H,1H3,(H,7,8). The quantitative estimate of drug-likeness (QED) is 0.523. The molecule has 11 heavy (non-hydrogen) atoms. The van der Waals surface area contributed by atoms with E-state index in [9.17, 15) is 5.11 Å². The van der Waals surface area contributed by atoms with Crippen LogP contribution in [0.1, 0.15) is 6.92 Å². The maximum Gasteiger partial charge on any atom is 0.231 e. The van der Waals surface area contributed by atoms with E-state index in [-0.39, 0.29) is 5.88 Å². The monoisotopic (exact) mass is 152 g/mol. The average molecular weight is 152 g/mol. The molecule has 0 radical (unpaired) electrons. The van der Waals surface area contributed by atoms with E-state index in [1.54, 1.807) is 11.2 Å². The Morgan fingerprint density at radius 3 is 3.27 bits per heavy atom. The molecular formula is C6H8N4O. The fourth-order valence-electron chi connectivity index (χ4n) is 1.00. The van der Waals surface area contributed by atoms with Gasteiger partial charge in [0, 0.05) is 6.08 Å². The van der Waals surface area contributed by atoms with Gasteiger partial charge < -0.3 is 5.11 Å². The number of fused-ring (bicyclic) bond motifs is 1. The maximum absolute atomic E-state index is 9.30. The predicted octanol–water partition coefficient (Wildman–Crippen LogP) is 0.284. The Labute approximate surface area is 63.8 Å². The molecule has 2 N–H and O–H groups in total. The van der Waals surface area contributed by atoms with Crippen LogP contribution >= 0.6 is 0 Å². The van der Waals surface area contributed by atoms with Crippen molar-refractivity contribution in [3.8, 4) is 0 Å². The zero-order valence-electron chi connectivity index (χ0n) is 6.02. The molecule has 0 fully saturated rings. The fourth-order valence-corrected chi connectivity index (χ4v) is 1.00. The number of aliphatic hydroxyl groups excluding tert-OH is 1. The molecule has 2 heterocycles. The van der Waals surface area contributed by atoms with Crippen molar-refractivity contribution >= 4 is 6.34 Å². The summed E-state index contributed by atoms with van der Waals surface area (Å²) in [5.74, 6) is 0.117. The van der Waals surface area contributed by atoms with Gasteiger partial charge in [-0.05, 0) is 12.5 Å². The molecule has 0 saturated heterocycles. The van der Waals surface area contributed by atoms with Gasteiger partial charge in [-0.25, -0.2) is 0 Å². The van der Waals surface area contributed by atoms with Gasteiger partial charge in [0.15, 0.2) is 0 Å². The molecule has 0 aromatic rings. The minimum atomic E-state index is 0.117. The molecular weight excluding hydrogens is 144 g/mol. The Kier molecular flexibility index (Phi) is 1.06. The van der Waals surface area contributed by atoms with E-state index in [4.69, 9.17) is 0 Å². The van der Waals surface area contributed by atoms with Gasteiger partial charge in [0.25, 0.3) is 0 Å². The number of rotatable bonds is 0. The van der Waals surface area contributed by atoms with E-state index in [0.29, 0.717) is 0 Å². The number of nitrogens with one attached hydrogen (secondary N) is 1. The molecule has 58 valence electrons. The van der Waals surface area contributed by atoms with Gasteiger partial charge in [0.1, 0.15) is 6.34 Å². The Morgan fingerprint density at radius 1 is 1.64 bits per heavy atom. The topological polar surface area (TPSA) is 51.1 Å². The van der Waals surface area contributed by atoms with Gasteiger partial charge >= 0.3 is 0 Å². The summed E-state index contributed by atoms with van der Waals surface area (Å²) in [4.78, 5) is 0. The number of aliphatic hydroxyl groups is 1. The summed E-state index contributed by atoms with van der Waals surface area (Å²) >= 11 is 0. The summed E-state index contributed by atoms with van der Waals surface area (Å²) in [5.41, 5.74) is 3.78. The molecule has 2 aliphatic rings. The largest absolute Gasteiger partial charge is 0.492 e. The summed E-state index contributed by atoms with van der Waals surface area (Å²) in [6.45, 7) is 1.90. The minimum Gasteiger partial charge on any atom is -0.492 e. The van der Waals surface area contributed by atoms with Crippen LogP contribution < -0.4 is 5.43 Å². The first-order valence-corrected chi connectivity index (χ1v) is 3.24. The smallest absolute Gasteiger partial charge is 0.231 e. The highest BCUT2D eigenvalue weighted by Gasteiger charge is 2.21. The lowest BCUT2D eigenvalue weighted by molar-refractivity contribution is 0.00640. The highest BCUT2D eigenvalue weighted by atomic mass is 16.3. The van der Waals surface area contributed by atoms with Gasteiger partial charge in [-0.15, -0.1) is 10.2 Å². The van der Waals surface area contributed by atoms with Crippen molar-refractivity contribution in [3.63, 3.8) is 0 Å². The van der Waals surface area contributed by atoms with Gasteiger partial charge in [-0.2, -0.15) is 5.12 Å². The maximum atomic E-state index is 9.30. The van der Waals surface area contributed by atoms with Crippen molar-refractivity contribution in [2.45, 2.75) is 6.92 Å². The second kappa shape index (κ2) is 1.91. The average Bonchev–Trinajstić information content (AvgIpc) is 2.34. The number of hydrazine groups is 2. The first-order chi connectivity index (χ1) is 5.27. The highest BCUT2D eigenvalue weighted by molar-refractivity contribution is 5.55. The summed E-state index contributed by atoms with van der Waals surface area (Å²) < 4.78 is 0. The summed E-state index contributed by atoms with van der Waals surface area (Å²) in [6, 6.07) is 0.